The van der Waals surface area contributed by atoms with E-state index in [-0.39, 0.29) is 0 Å². The predicted octanol–water partition coefficient (Wildman–Crippen LogP) is 2.56. The normalized spacial score (nSPS) is 25.1. The molecular formula is C11H13ClFN3. The lowest BCUT2D eigenvalue weighted by Gasteiger charge is -2.16. The molecule has 0 spiro atoms. The lowest BCUT2D eigenvalue weighted by Crippen LogP contribution is -2.21. The molecule has 0 aromatic carbocycles. The second-order valence-electron chi connectivity index (χ2n) is 4.51. The molecule has 0 bridgehead atoms. The summed E-state index contributed by atoms with van der Waals surface area (Å²) in [5.74, 6) is 2.08. The van der Waals surface area contributed by atoms with Crippen molar-refractivity contribution in [3.8, 4) is 0 Å². The number of rotatable bonds is 2. The molecule has 3 rings (SSSR count). The first-order chi connectivity index (χ1) is 7.72. The third-order valence-corrected chi connectivity index (χ3v) is 3.29. The number of hydrogen-bond donors (Lipinski definition) is 0. The maximum absolute atomic E-state index is 13.1. The quantitative estimate of drug-likeness (QED) is 0.746. The summed E-state index contributed by atoms with van der Waals surface area (Å²) in [6.07, 6.45) is 2.13. The highest BCUT2D eigenvalue weighted by Gasteiger charge is 2.29. The molecule has 0 radical (unpaired) electrons. The molecule has 5 heteroatoms. The van der Waals surface area contributed by atoms with E-state index in [0.717, 1.165) is 31.0 Å². The Morgan fingerprint density at radius 1 is 1.31 bits per heavy atom. The summed E-state index contributed by atoms with van der Waals surface area (Å²) in [6, 6.07) is 1.73. The Balaban J connectivity index is 1.88. The van der Waals surface area contributed by atoms with Crippen molar-refractivity contribution in [2.45, 2.75) is 31.4 Å². The van der Waals surface area contributed by atoms with Crippen LogP contribution >= 0.6 is 11.6 Å². The van der Waals surface area contributed by atoms with Crippen molar-refractivity contribution in [1.29, 1.82) is 0 Å². The van der Waals surface area contributed by atoms with Crippen molar-refractivity contribution in [3.63, 3.8) is 0 Å². The van der Waals surface area contributed by atoms with Crippen LogP contribution in [0.5, 0.6) is 0 Å². The Labute approximate surface area is 98.6 Å². The fourth-order valence-electron chi connectivity index (χ4n) is 2.03. The molecule has 1 saturated carbocycles. The highest BCUT2D eigenvalue weighted by atomic mass is 35.5. The lowest BCUT2D eigenvalue weighted by atomic mass is 10.3. The predicted molar refractivity (Wildman–Crippen MR) is 60.7 cm³/mol. The maximum atomic E-state index is 13.1. The average molecular weight is 242 g/mol. The molecule has 1 aromatic rings. The fourth-order valence-corrected chi connectivity index (χ4v) is 2.22. The van der Waals surface area contributed by atoms with Crippen LogP contribution in [-0.2, 0) is 0 Å². The van der Waals surface area contributed by atoms with E-state index in [1.54, 1.807) is 6.07 Å². The number of aromatic nitrogens is 2. The first-order valence-corrected chi connectivity index (χ1v) is 6.03. The molecular weight excluding hydrogens is 229 g/mol. The zero-order chi connectivity index (χ0) is 11.1. The van der Waals surface area contributed by atoms with Gasteiger partial charge in [-0.25, -0.2) is 14.4 Å². The summed E-state index contributed by atoms with van der Waals surface area (Å²) in [6.45, 7) is 1.15. The van der Waals surface area contributed by atoms with Gasteiger partial charge in [0.05, 0.1) is 6.54 Å². The smallest absolute Gasteiger partial charge is 0.135 e. The van der Waals surface area contributed by atoms with Crippen LogP contribution < -0.4 is 4.90 Å². The number of alkyl halides is 1. The highest BCUT2D eigenvalue weighted by molar-refractivity contribution is 6.29. The molecule has 0 N–H and O–H groups in total. The summed E-state index contributed by atoms with van der Waals surface area (Å²) in [5, 5.41) is 0.467. The van der Waals surface area contributed by atoms with Crippen LogP contribution in [0.4, 0.5) is 10.2 Å². The number of anilines is 1. The maximum Gasteiger partial charge on any atom is 0.135 e. The number of nitrogens with zero attached hydrogens (tertiary/aromatic N) is 3. The minimum Gasteiger partial charge on any atom is -0.353 e. The third kappa shape index (κ3) is 1.98. The van der Waals surface area contributed by atoms with E-state index in [1.807, 2.05) is 4.90 Å². The van der Waals surface area contributed by atoms with Crippen LogP contribution in [0.1, 0.15) is 31.0 Å². The molecule has 1 aromatic heterocycles. The van der Waals surface area contributed by atoms with Gasteiger partial charge in [-0.2, -0.15) is 0 Å². The zero-order valence-electron chi connectivity index (χ0n) is 8.87. The minimum absolute atomic E-state index is 0.428. The largest absolute Gasteiger partial charge is 0.353 e. The van der Waals surface area contributed by atoms with Crippen LogP contribution in [0, 0.1) is 0 Å². The molecule has 1 aliphatic carbocycles. The van der Waals surface area contributed by atoms with Crippen LogP contribution in [0.15, 0.2) is 6.07 Å². The number of halogens is 2. The van der Waals surface area contributed by atoms with Gasteiger partial charge < -0.3 is 4.90 Å². The molecule has 2 aliphatic rings. The van der Waals surface area contributed by atoms with Gasteiger partial charge in [0.15, 0.2) is 0 Å². The third-order valence-electron chi connectivity index (χ3n) is 3.10. The second-order valence-corrected chi connectivity index (χ2v) is 4.90. The average Bonchev–Trinajstić information content (AvgIpc) is 3.01. The van der Waals surface area contributed by atoms with Gasteiger partial charge in [0.2, 0.25) is 0 Å². The van der Waals surface area contributed by atoms with Gasteiger partial charge >= 0.3 is 0 Å². The van der Waals surface area contributed by atoms with Crippen LogP contribution in [0.2, 0.25) is 5.15 Å². The summed E-state index contributed by atoms with van der Waals surface area (Å²) >= 11 is 5.97. The molecule has 1 atom stereocenters. The van der Waals surface area contributed by atoms with Crippen LogP contribution in [0.25, 0.3) is 0 Å². The van der Waals surface area contributed by atoms with Gasteiger partial charge in [0.25, 0.3) is 0 Å². The van der Waals surface area contributed by atoms with Gasteiger partial charge in [-0.05, 0) is 19.3 Å². The van der Waals surface area contributed by atoms with E-state index >= 15 is 0 Å². The number of hydrogen-bond acceptors (Lipinski definition) is 3. The van der Waals surface area contributed by atoms with Crippen molar-refractivity contribution in [2.24, 2.45) is 0 Å². The second kappa shape index (κ2) is 3.84. The van der Waals surface area contributed by atoms with Gasteiger partial charge in [-0.1, -0.05) is 11.6 Å². The van der Waals surface area contributed by atoms with E-state index in [4.69, 9.17) is 11.6 Å². The fraction of sp³-hybridized carbons (Fsp3) is 0.636. The van der Waals surface area contributed by atoms with Gasteiger partial charge in [-0.15, -0.1) is 0 Å². The van der Waals surface area contributed by atoms with Gasteiger partial charge in [-0.3, -0.25) is 0 Å². The molecule has 2 fully saturated rings. The van der Waals surface area contributed by atoms with E-state index in [2.05, 4.69) is 9.97 Å². The molecule has 0 amide bonds. The molecule has 86 valence electrons. The van der Waals surface area contributed by atoms with Crippen molar-refractivity contribution in [1.82, 2.24) is 9.97 Å². The molecule has 1 aliphatic heterocycles. The standard InChI is InChI=1S/C11H13ClFN3/c12-9-5-10(16-4-3-8(13)6-16)15-11(14-9)7-1-2-7/h5,7-8H,1-4,6H2/t8-/m1/s1. The zero-order valence-corrected chi connectivity index (χ0v) is 9.62. The first kappa shape index (κ1) is 10.3. The summed E-state index contributed by atoms with van der Waals surface area (Å²) in [5.41, 5.74) is 0. The molecule has 0 unspecified atom stereocenters. The Hall–Kier alpha value is -0.900. The monoisotopic (exact) mass is 241 g/mol. The van der Waals surface area contributed by atoms with Crippen molar-refractivity contribution < 1.29 is 4.39 Å². The summed E-state index contributed by atoms with van der Waals surface area (Å²) in [7, 11) is 0. The van der Waals surface area contributed by atoms with Crippen LogP contribution in [-0.4, -0.2) is 29.2 Å². The summed E-state index contributed by atoms with van der Waals surface area (Å²) < 4.78 is 13.1. The first-order valence-electron chi connectivity index (χ1n) is 5.66. The van der Waals surface area contributed by atoms with E-state index < -0.39 is 6.17 Å². The van der Waals surface area contributed by atoms with Crippen molar-refractivity contribution >= 4 is 17.4 Å². The topological polar surface area (TPSA) is 29.0 Å². The highest BCUT2D eigenvalue weighted by Crippen LogP contribution is 2.39. The Bertz CT molecular complexity index is 408. The lowest BCUT2D eigenvalue weighted by molar-refractivity contribution is 0.364. The van der Waals surface area contributed by atoms with Gasteiger partial charge in [0.1, 0.15) is 23.0 Å². The van der Waals surface area contributed by atoms with E-state index in [1.165, 1.54) is 0 Å². The molecule has 2 heterocycles. The van der Waals surface area contributed by atoms with Crippen LogP contribution in [0.3, 0.4) is 0 Å². The van der Waals surface area contributed by atoms with E-state index in [9.17, 15) is 4.39 Å². The van der Waals surface area contributed by atoms with Crippen molar-refractivity contribution in [3.05, 3.63) is 17.0 Å². The Morgan fingerprint density at radius 2 is 2.12 bits per heavy atom. The van der Waals surface area contributed by atoms with Crippen molar-refractivity contribution in [2.75, 3.05) is 18.0 Å². The van der Waals surface area contributed by atoms with E-state index in [0.29, 0.717) is 24.0 Å². The Kier molecular flexibility index (Phi) is 2.46. The molecule has 3 nitrogen and oxygen atoms in total. The molecule has 1 saturated heterocycles. The SMILES string of the molecule is F[C@@H]1CCN(c2cc(Cl)nc(C3CC3)n2)C1. The minimum atomic E-state index is -0.738. The van der Waals surface area contributed by atoms with Gasteiger partial charge in [0, 0.05) is 18.5 Å². The summed E-state index contributed by atoms with van der Waals surface area (Å²) in [4.78, 5) is 10.6. The molecule has 16 heavy (non-hydrogen) atoms. The Morgan fingerprint density at radius 3 is 2.75 bits per heavy atom.